The fourth-order valence-corrected chi connectivity index (χ4v) is 5.60. The number of thioether (sulfide) groups is 2. The third kappa shape index (κ3) is 1.91. The predicted molar refractivity (Wildman–Crippen MR) is 85.2 cm³/mol. The lowest BCUT2D eigenvalue weighted by Crippen LogP contribution is -2.32. The Morgan fingerprint density at radius 3 is 2.70 bits per heavy atom. The van der Waals surface area contributed by atoms with Crippen molar-refractivity contribution in [3.05, 3.63) is 11.0 Å². The van der Waals surface area contributed by atoms with E-state index < -0.39 is 0 Å². The van der Waals surface area contributed by atoms with Crippen LogP contribution in [0.1, 0.15) is 33.6 Å². The van der Waals surface area contributed by atoms with Crippen LogP contribution in [0.25, 0.3) is 0 Å². The van der Waals surface area contributed by atoms with Crippen LogP contribution in [0.15, 0.2) is 20.5 Å². The van der Waals surface area contributed by atoms with Crippen molar-refractivity contribution in [2.75, 3.05) is 6.26 Å². The topological polar surface area (TPSA) is 42.9 Å². The molecule has 0 aromatic carbocycles. The lowest BCUT2D eigenvalue weighted by atomic mass is 9.70. The number of allylic oxidation sites excluding steroid dienone is 1. The third-order valence-corrected chi connectivity index (χ3v) is 7.58. The van der Waals surface area contributed by atoms with Gasteiger partial charge in [0.25, 0.3) is 0 Å². The molecule has 0 spiro atoms. The molecule has 3 nitrogen and oxygen atoms in total. The first-order chi connectivity index (χ1) is 9.40. The molecule has 0 N–H and O–H groups in total. The normalized spacial score (nSPS) is 33.3. The van der Waals surface area contributed by atoms with Gasteiger partial charge in [0.05, 0.1) is 0 Å². The highest BCUT2D eigenvalue weighted by molar-refractivity contribution is 8.03. The number of aromatic nitrogens is 2. The average molecular weight is 327 g/mol. The van der Waals surface area contributed by atoms with Crippen LogP contribution in [-0.2, 0) is 4.79 Å². The first-order valence-electron chi connectivity index (χ1n) is 6.69. The van der Waals surface area contributed by atoms with Gasteiger partial charge in [0, 0.05) is 11.0 Å². The maximum absolute atomic E-state index is 12.7. The number of hydrogen-bond acceptors (Lipinski definition) is 6. The smallest absolute Gasteiger partial charge is 0.200 e. The van der Waals surface area contributed by atoms with Gasteiger partial charge >= 0.3 is 0 Å². The number of hydrogen-bond donors (Lipinski definition) is 0. The van der Waals surface area contributed by atoms with Gasteiger partial charge in [-0.25, -0.2) is 4.98 Å². The van der Waals surface area contributed by atoms with Crippen molar-refractivity contribution in [3.63, 3.8) is 0 Å². The summed E-state index contributed by atoms with van der Waals surface area (Å²) in [6.45, 7) is 6.62. The molecule has 0 aliphatic heterocycles. The van der Waals surface area contributed by atoms with E-state index in [1.54, 1.807) is 23.5 Å². The first kappa shape index (κ1) is 14.6. The lowest BCUT2D eigenvalue weighted by molar-refractivity contribution is -0.125. The van der Waals surface area contributed by atoms with Gasteiger partial charge in [0.1, 0.15) is 0 Å². The summed E-state index contributed by atoms with van der Waals surface area (Å²) in [6, 6.07) is 0. The average Bonchev–Trinajstić information content (AvgIpc) is 2.99. The molecule has 2 aliphatic rings. The van der Waals surface area contributed by atoms with E-state index in [-0.39, 0.29) is 10.8 Å². The third-order valence-electron chi connectivity index (χ3n) is 5.22. The molecule has 0 amide bonds. The number of rotatable bonds is 3. The minimum absolute atomic E-state index is 0.0854. The SMILES string of the molecule is CSc1nsc(S/C=C2\C(=O)[C@]3(C)CC[C@H]2C3(C)C)n1. The molecule has 2 atom stereocenters. The van der Waals surface area contributed by atoms with E-state index in [4.69, 9.17) is 0 Å². The molecule has 1 heterocycles. The Labute approximate surface area is 132 Å². The van der Waals surface area contributed by atoms with Crippen LogP contribution >= 0.6 is 35.1 Å². The van der Waals surface area contributed by atoms with Crippen molar-refractivity contribution in [1.29, 1.82) is 0 Å². The fraction of sp³-hybridized carbons (Fsp3) is 0.643. The Morgan fingerprint density at radius 2 is 2.15 bits per heavy atom. The fourth-order valence-electron chi connectivity index (χ4n) is 3.51. The molecular formula is C14H18N2OS3. The molecule has 0 unspecified atom stereocenters. The quantitative estimate of drug-likeness (QED) is 0.613. The van der Waals surface area contributed by atoms with Gasteiger partial charge in [0.15, 0.2) is 10.1 Å². The van der Waals surface area contributed by atoms with Gasteiger partial charge in [-0.2, -0.15) is 4.37 Å². The van der Waals surface area contributed by atoms with Crippen LogP contribution in [-0.4, -0.2) is 21.4 Å². The van der Waals surface area contributed by atoms with Crippen molar-refractivity contribution in [2.24, 2.45) is 16.7 Å². The van der Waals surface area contributed by atoms with E-state index in [2.05, 4.69) is 30.1 Å². The van der Waals surface area contributed by atoms with Crippen molar-refractivity contribution in [2.45, 2.75) is 43.1 Å². The number of Topliss-reactive ketones (excluding diaryl/α,β-unsaturated/α-hetero) is 1. The van der Waals surface area contributed by atoms with Crippen LogP contribution in [0.4, 0.5) is 0 Å². The molecule has 20 heavy (non-hydrogen) atoms. The monoisotopic (exact) mass is 326 g/mol. The van der Waals surface area contributed by atoms with E-state index >= 15 is 0 Å². The van der Waals surface area contributed by atoms with Crippen molar-refractivity contribution in [3.8, 4) is 0 Å². The minimum atomic E-state index is -0.171. The second-order valence-electron chi connectivity index (χ2n) is 6.21. The Morgan fingerprint density at radius 1 is 1.40 bits per heavy atom. The molecule has 1 aromatic rings. The zero-order valence-electron chi connectivity index (χ0n) is 12.1. The van der Waals surface area contributed by atoms with E-state index in [0.717, 1.165) is 27.9 Å². The Balaban J connectivity index is 1.85. The summed E-state index contributed by atoms with van der Waals surface area (Å²) in [4.78, 5) is 17.1. The Kier molecular flexibility index (Phi) is 3.54. The largest absolute Gasteiger partial charge is 0.294 e. The summed E-state index contributed by atoms with van der Waals surface area (Å²) in [7, 11) is 0. The summed E-state index contributed by atoms with van der Waals surface area (Å²) in [5, 5.41) is 2.84. The van der Waals surface area contributed by atoms with E-state index in [9.17, 15) is 4.79 Å². The van der Waals surface area contributed by atoms with Gasteiger partial charge in [-0.15, -0.1) is 0 Å². The van der Waals surface area contributed by atoms with E-state index in [1.165, 1.54) is 11.5 Å². The summed E-state index contributed by atoms with van der Waals surface area (Å²) in [5.41, 5.74) is 0.923. The van der Waals surface area contributed by atoms with Gasteiger partial charge in [-0.05, 0) is 47.4 Å². The molecule has 3 rings (SSSR count). The predicted octanol–water partition coefficient (Wildman–Crippen LogP) is 4.26. The Hall–Kier alpha value is -0.330. The molecule has 0 saturated heterocycles. The molecule has 0 radical (unpaired) electrons. The maximum atomic E-state index is 12.7. The van der Waals surface area contributed by atoms with Gasteiger partial charge < -0.3 is 0 Å². The number of carbonyl (C=O) groups excluding carboxylic acids is 1. The molecule has 6 heteroatoms. The number of nitrogens with zero attached hydrogens (tertiary/aromatic N) is 2. The van der Waals surface area contributed by atoms with E-state index in [1.807, 2.05) is 11.7 Å². The standard InChI is InChI=1S/C14H18N2OS3/c1-13(2)9-5-6-14(13,3)10(17)8(9)7-19-12-15-11(18-4)16-20-12/h7,9H,5-6H2,1-4H3/b8-7-/t9-,14+/m1/s1. The summed E-state index contributed by atoms with van der Waals surface area (Å²) in [5.74, 6) is 0.751. The maximum Gasteiger partial charge on any atom is 0.200 e. The van der Waals surface area contributed by atoms with Crippen molar-refractivity contribution >= 4 is 40.8 Å². The highest BCUT2D eigenvalue weighted by Gasteiger charge is 2.63. The summed E-state index contributed by atoms with van der Waals surface area (Å²) < 4.78 is 5.16. The lowest BCUT2D eigenvalue weighted by Gasteiger charge is -2.31. The zero-order chi connectivity index (χ0) is 14.5. The molecule has 2 saturated carbocycles. The Bertz CT molecular complexity index is 593. The van der Waals surface area contributed by atoms with Crippen LogP contribution in [0, 0.1) is 16.7 Å². The minimum Gasteiger partial charge on any atom is -0.294 e. The zero-order valence-corrected chi connectivity index (χ0v) is 14.5. The van der Waals surface area contributed by atoms with Crippen LogP contribution in [0.5, 0.6) is 0 Å². The molecule has 1 aromatic heterocycles. The van der Waals surface area contributed by atoms with Crippen molar-refractivity contribution < 1.29 is 4.79 Å². The van der Waals surface area contributed by atoms with Gasteiger partial charge in [-0.3, -0.25) is 4.79 Å². The number of carbonyl (C=O) groups is 1. The molecule has 108 valence electrons. The van der Waals surface area contributed by atoms with E-state index in [0.29, 0.717) is 11.7 Å². The second kappa shape index (κ2) is 4.85. The van der Waals surface area contributed by atoms with Gasteiger partial charge in [-0.1, -0.05) is 44.3 Å². The number of ketones is 1. The van der Waals surface area contributed by atoms with Crippen LogP contribution in [0.3, 0.4) is 0 Å². The molecule has 2 bridgehead atoms. The molecule has 2 aliphatic carbocycles. The van der Waals surface area contributed by atoms with Crippen LogP contribution in [0.2, 0.25) is 0 Å². The highest BCUT2D eigenvalue weighted by atomic mass is 32.2. The summed E-state index contributed by atoms with van der Waals surface area (Å²) in [6.07, 6.45) is 4.13. The van der Waals surface area contributed by atoms with Crippen molar-refractivity contribution in [1.82, 2.24) is 9.36 Å². The highest BCUT2D eigenvalue weighted by Crippen LogP contribution is 2.65. The first-order valence-corrected chi connectivity index (χ1v) is 9.57. The summed E-state index contributed by atoms with van der Waals surface area (Å²) >= 11 is 4.50. The van der Waals surface area contributed by atoms with Gasteiger partial charge in [0.2, 0.25) is 5.16 Å². The second-order valence-corrected chi connectivity index (χ2v) is 8.85. The molecule has 2 fully saturated rings. The van der Waals surface area contributed by atoms with Crippen LogP contribution < -0.4 is 0 Å². The number of fused-ring (bicyclic) bond motifs is 2. The molecular weight excluding hydrogens is 308 g/mol.